The fourth-order valence-electron chi connectivity index (χ4n) is 2.94. The van der Waals surface area contributed by atoms with Gasteiger partial charge in [0.1, 0.15) is 5.69 Å². The van der Waals surface area contributed by atoms with Gasteiger partial charge < -0.3 is 5.32 Å². The highest BCUT2D eigenvalue weighted by Crippen LogP contribution is 2.33. The smallest absolute Gasteiger partial charge is 0.347 e. The molecule has 1 N–H and O–H groups in total. The third-order valence-electron chi connectivity index (χ3n) is 4.21. The topological polar surface area (TPSA) is 59.8 Å². The summed E-state index contributed by atoms with van der Waals surface area (Å²) in [6.07, 6.45) is -4.56. The van der Waals surface area contributed by atoms with Crippen LogP contribution in [0.4, 0.5) is 13.2 Å². The summed E-state index contributed by atoms with van der Waals surface area (Å²) in [7, 11) is 0. The average molecular weight is 388 g/mol. The van der Waals surface area contributed by atoms with Crippen molar-refractivity contribution in [1.29, 1.82) is 0 Å². The number of nitrogens with one attached hydrogen (secondary N) is 1. The van der Waals surface area contributed by atoms with Crippen LogP contribution in [0.3, 0.4) is 0 Å². The molecule has 0 bridgehead atoms. The molecule has 1 aromatic carbocycles. The molecule has 0 aliphatic heterocycles. The van der Waals surface area contributed by atoms with Crippen molar-refractivity contribution >= 4 is 5.91 Å². The standard InChI is InChI=1S/C20H19F3N4O/c1-12-5-4-6-18(25-12)19(28)24-11-15-7-8-16(10-17(15)20(21,22)23)27-14(3)9-13(2)26-27/h4-10H,11H2,1-3H3,(H,24,28). The summed E-state index contributed by atoms with van der Waals surface area (Å²) in [5, 5.41) is 6.73. The second-order valence-electron chi connectivity index (χ2n) is 6.52. The Hall–Kier alpha value is -3.16. The molecule has 3 aromatic rings. The van der Waals surface area contributed by atoms with Crippen molar-refractivity contribution in [3.8, 4) is 5.69 Å². The number of pyridine rings is 1. The fraction of sp³-hybridized carbons (Fsp3) is 0.250. The minimum atomic E-state index is -4.56. The monoisotopic (exact) mass is 388 g/mol. The Morgan fingerprint density at radius 2 is 1.82 bits per heavy atom. The molecule has 0 spiro atoms. The lowest BCUT2D eigenvalue weighted by molar-refractivity contribution is -0.138. The van der Waals surface area contributed by atoms with E-state index in [2.05, 4.69) is 15.4 Å². The van der Waals surface area contributed by atoms with Crippen molar-refractivity contribution in [2.24, 2.45) is 0 Å². The highest BCUT2D eigenvalue weighted by atomic mass is 19.4. The number of hydrogen-bond donors (Lipinski definition) is 1. The van der Waals surface area contributed by atoms with E-state index in [1.165, 1.54) is 16.8 Å². The van der Waals surface area contributed by atoms with E-state index >= 15 is 0 Å². The van der Waals surface area contributed by atoms with Gasteiger partial charge in [-0.1, -0.05) is 12.1 Å². The van der Waals surface area contributed by atoms with Gasteiger partial charge in [0, 0.05) is 17.9 Å². The third kappa shape index (κ3) is 4.21. The summed E-state index contributed by atoms with van der Waals surface area (Å²) < 4.78 is 42.2. The van der Waals surface area contributed by atoms with Gasteiger partial charge in [0.2, 0.25) is 0 Å². The number of carbonyl (C=O) groups excluding carboxylic acids is 1. The molecule has 0 unspecified atom stereocenters. The molecule has 3 rings (SSSR count). The zero-order chi connectivity index (χ0) is 20.5. The highest BCUT2D eigenvalue weighted by Gasteiger charge is 2.34. The average Bonchev–Trinajstić information content (AvgIpc) is 2.97. The number of aryl methyl sites for hydroxylation is 3. The predicted octanol–water partition coefficient (Wildman–Crippen LogP) is 4.14. The van der Waals surface area contributed by atoms with Gasteiger partial charge in [-0.15, -0.1) is 0 Å². The first-order valence-electron chi connectivity index (χ1n) is 8.61. The van der Waals surface area contributed by atoms with Crippen molar-refractivity contribution < 1.29 is 18.0 Å². The number of carbonyl (C=O) groups is 1. The van der Waals surface area contributed by atoms with Gasteiger partial charge >= 0.3 is 6.18 Å². The van der Waals surface area contributed by atoms with E-state index in [1.54, 1.807) is 45.0 Å². The van der Waals surface area contributed by atoms with E-state index in [9.17, 15) is 18.0 Å². The van der Waals surface area contributed by atoms with Crippen LogP contribution in [-0.4, -0.2) is 20.7 Å². The van der Waals surface area contributed by atoms with E-state index in [0.717, 1.165) is 11.8 Å². The zero-order valence-corrected chi connectivity index (χ0v) is 15.6. The van der Waals surface area contributed by atoms with E-state index in [4.69, 9.17) is 0 Å². The van der Waals surface area contributed by atoms with Crippen molar-refractivity contribution in [3.63, 3.8) is 0 Å². The SMILES string of the molecule is Cc1cccc(C(=O)NCc2ccc(-n3nc(C)cc3C)cc2C(F)(F)F)n1. The maximum atomic E-state index is 13.6. The number of alkyl halides is 3. The molecule has 28 heavy (non-hydrogen) atoms. The molecule has 0 saturated heterocycles. The van der Waals surface area contributed by atoms with Gasteiger partial charge in [0.05, 0.1) is 16.9 Å². The number of benzene rings is 1. The molecule has 146 valence electrons. The van der Waals surface area contributed by atoms with Gasteiger partial charge in [0.25, 0.3) is 5.91 Å². The van der Waals surface area contributed by atoms with Crippen molar-refractivity contribution in [2.75, 3.05) is 0 Å². The minimum Gasteiger partial charge on any atom is -0.347 e. The first kappa shape index (κ1) is 19.6. The van der Waals surface area contributed by atoms with Crippen LogP contribution in [0.5, 0.6) is 0 Å². The van der Waals surface area contributed by atoms with Gasteiger partial charge in [-0.25, -0.2) is 9.67 Å². The molecule has 0 aliphatic rings. The second kappa shape index (κ2) is 7.46. The number of hydrogen-bond acceptors (Lipinski definition) is 3. The van der Waals surface area contributed by atoms with Crippen LogP contribution in [-0.2, 0) is 12.7 Å². The quantitative estimate of drug-likeness (QED) is 0.731. The largest absolute Gasteiger partial charge is 0.416 e. The van der Waals surface area contributed by atoms with Crippen LogP contribution >= 0.6 is 0 Å². The maximum absolute atomic E-state index is 13.6. The molecule has 0 atom stereocenters. The predicted molar refractivity (Wildman–Crippen MR) is 98.2 cm³/mol. The first-order valence-corrected chi connectivity index (χ1v) is 8.61. The summed E-state index contributed by atoms with van der Waals surface area (Å²) >= 11 is 0. The third-order valence-corrected chi connectivity index (χ3v) is 4.21. The Morgan fingerprint density at radius 1 is 1.07 bits per heavy atom. The minimum absolute atomic E-state index is 0.0289. The lowest BCUT2D eigenvalue weighted by Gasteiger charge is -2.16. The summed E-state index contributed by atoms with van der Waals surface area (Å²) in [5.74, 6) is -0.528. The molecule has 0 fully saturated rings. The summed E-state index contributed by atoms with van der Waals surface area (Å²) in [4.78, 5) is 16.3. The maximum Gasteiger partial charge on any atom is 0.416 e. The van der Waals surface area contributed by atoms with Crippen LogP contribution in [0.25, 0.3) is 5.69 Å². The van der Waals surface area contributed by atoms with Crippen molar-refractivity contribution in [2.45, 2.75) is 33.5 Å². The molecule has 0 saturated carbocycles. The fourth-order valence-corrected chi connectivity index (χ4v) is 2.94. The number of amides is 1. The Morgan fingerprint density at radius 3 is 2.43 bits per heavy atom. The van der Waals surface area contributed by atoms with Gasteiger partial charge in [-0.05, 0) is 56.7 Å². The van der Waals surface area contributed by atoms with E-state index in [-0.39, 0.29) is 17.8 Å². The Balaban J connectivity index is 1.88. The molecular formula is C20H19F3N4O. The molecule has 1 amide bonds. The van der Waals surface area contributed by atoms with Gasteiger partial charge in [-0.3, -0.25) is 4.79 Å². The lowest BCUT2D eigenvalue weighted by atomic mass is 10.1. The molecular weight excluding hydrogens is 369 g/mol. The molecule has 2 aromatic heterocycles. The lowest BCUT2D eigenvalue weighted by Crippen LogP contribution is -2.25. The molecule has 2 heterocycles. The molecule has 0 radical (unpaired) electrons. The number of aromatic nitrogens is 3. The van der Waals surface area contributed by atoms with E-state index in [0.29, 0.717) is 17.1 Å². The Bertz CT molecular complexity index is 1020. The van der Waals surface area contributed by atoms with Gasteiger partial charge in [-0.2, -0.15) is 18.3 Å². The molecule has 0 aliphatic carbocycles. The van der Waals surface area contributed by atoms with Crippen LogP contribution in [0, 0.1) is 20.8 Å². The van der Waals surface area contributed by atoms with Crippen LogP contribution in [0.1, 0.15) is 38.7 Å². The van der Waals surface area contributed by atoms with Crippen molar-refractivity contribution in [1.82, 2.24) is 20.1 Å². The van der Waals surface area contributed by atoms with Crippen LogP contribution in [0.2, 0.25) is 0 Å². The summed E-state index contributed by atoms with van der Waals surface area (Å²) in [6, 6.07) is 10.7. The zero-order valence-electron chi connectivity index (χ0n) is 15.6. The number of nitrogens with zero attached hydrogens (tertiary/aromatic N) is 3. The summed E-state index contributed by atoms with van der Waals surface area (Å²) in [6.45, 7) is 5.02. The summed E-state index contributed by atoms with van der Waals surface area (Å²) in [5.41, 5.74) is 1.73. The van der Waals surface area contributed by atoms with E-state index < -0.39 is 17.6 Å². The first-order chi connectivity index (χ1) is 13.1. The van der Waals surface area contributed by atoms with Crippen LogP contribution in [0.15, 0.2) is 42.5 Å². The van der Waals surface area contributed by atoms with Gasteiger partial charge in [0.15, 0.2) is 0 Å². The molecule has 5 nitrogen and oxygen atoms in total. The number of rotatable bonds is 4. The van der Waals surface area contributed by atoms with Crippen molar-refractivity contribution in [3.05, 3.63) is 76.4 Å². The Labute approximate surface area is 160 Å². The Kier molecular flexibility index (Phi) is 5.22. The molecule has 8 heteroatoms. The second-order valence-corrected chi connectivity index (χ2v) is 6.52. The number of halogens is 3. The normalized spacial score (nSPS) is 11.5. The highest BCUT2D eigenvalue weighted by molar-refractivity contribution is 5.92. The van der Waals surface area contributed by atoms with Crippen LogP contribution < -0.4 is 5.32 Å². The van der Waals surface area contributed by atoms with E-state index in [1.807, 2.05) is 0 Å².